The Morgan fingerprint density at radius 2 is 2.13 bits per heavy atom. The van der Waals surface area contributed by atoms with E-state index in [9.17, 15) is 19.2 Å². The van der Waals surface area contributed by atoms with Crippen molar-refractivity contribution in [2.75, 3.05) is 6.54 Å². The molecule has 0 saturated carbocycles. The maximum Gasteiger partial charge on any atom is 0.394 e. The first-order chi connectivity index (χ1) is 10.9. The number of aromatic nitrogens is 2. The highest BCUT2D eigenvalue weighted by molar-refractivity contribution is 9.10. The van der Waals surface area contributed by atoms with Crippen LogP contribution in [-0.2, 0) is 16.0 Å². The van der Waals surface area contributed by atoms with Gasteiger partial charge in [-0.25, -0.2) is 4.79 Å². The second kappa shape index (κ2) is 5.65. The Bertz CT molecular complexity index is 946. The van der Waals surface area contributed by atoms with Crippen molar-refractivity contribution in [1.82, 2.24) is 14.9 Å². The molecule has 1 unspecified atom stereocenters. The van der Waals surface area contributed by atoms with Gasteiger partial charge >= 0.3 is 23.0 Å². The average Bonchev–Trinajstić information content (AvgIpc) is 2.49. The van der Waals surface area contributed by atoms with Gasteiger partial charge in [-0.2, -0.15) is 0 Å². The Morgan fingerprint density at radius 1 is 1.39 bits per heavy atom. The highest BCUT2D eigenvalue weighted by Gasteiger charge is 2.25. The van der Waals surface area contributed by atoms with Crippen molar-refractivity contribution in [2.45, 2.75) is 18.9 Å². The lowest BCUT2D eigenvalue weighted by atomic mass is 9.98. The van der Waals surface area contributed by atoms with E-state index in [1.807, 2.05) is 6.07 Å². The molecule has 3 N–H and O–H groups in total. The summed E-state index contributed by atoms with van der Waals surface area (Å²) in [6, 6.07) is 3.11. The molecule has 2 heterocycles. The molecule has 9 heteroatoms. The number of nitrogens with zero attached hydrogens (tertiary/aromatic N) is 1. The monoisotopic (exact) mass is 381 g/mol. The fourth-order valence-electron chi connectivity index (χ4n) is 2.89. The Kier molecular flexibility index (Phi) is 3.80. The number of aliphatic carboxylic acids is 1. The maximum absolute atomic E-state index is 12.3. The smallest absolute Gasteiger partial charge is 0.394 e. The number of halogens is 1. The minimum absolute atomic E-state index is 0.0287. The highest BCUT2D eigenvalue weighted by atomic mass is 79.9. The lowest BCUT2D eigenvalue weighted by Crippen LogP contribution is -2.44. The van der Waals surface area contributed by atoms with Crippen LogP contribution in [0.2, 0.25) is 0 Å². The molecule has 0 aliphatic carbocycles. The lowest BCUT2D eigenvalue weighted by Gasteiger charge is -2.27. The quantitative estimate of drug-likeness (QED) is 0.638. The summed E-state index contributed by atoms with van der Waals surface area (Å²) in [6.07, 6.45) is 1.16. The molecular formula is C14H12BrN3O5. The molecular weight excluding hydrogens is 370 g/mol. The molecule has 8 nitrogen and oxygen atoms in total. The summed E-state index contributed by atoms with van der Waals surface area (Å²) in [4.78, 5) is 48.4. The molecule has 2 aromatic rings. The predicted molar refractivity (Wildman–Crippen MR) is 84.5 cm³/mol. The topological polar surface area (TPSA) is 121 Å². The molecule has 1 aliphatic rings. The van der Waals surface area contributed by atoms with Crippen molar-refractivity contribution >= 4 is 38.8 Å². The van der Waals surface area contributed by atoms with Crippen LogP contribution >= 0.6 is 15.9 Å². The van der Waals surface area contributed by atoms with Crippen molar-refractivity contribution in [2.24, 2.45) is 0 Å². The first kappa shape index (κ1) is 15.5. The number of aryl methyl sites for hydroxylation is 1. The number of H-pyrrole nitrogens is 1. The molecule has 1 aromatic carbocycles. The Hall–Kier alpha value is -2.42. The zero-order chi connectivity index (χ0) is 16.7. The number of carboxylic acid groups (broad SMARTS) is 1. The number of rotatable bonds is 2. The molecule has 0 fully saturated rings. The molecule has 0 bridgehead atoms. The normalized spacial score (nSPS) is 16.3. The molecule has 120 valence electrons. The molecule has 1 aromatic heterocycles. The van der Waals surface area contributed by atoms with E-state index in [0.29, 0.717) is 23.9 Å². The van der Waals surface area contributed by atoms with Crippen LogP contribution in [0.15, 0.2) is 26.2 Å². The average molecular weight is 382 g/mol. The van der Waals surface area contributed by atoms with Crippen LogP contribution in [0.25, 0.3) is 11.0 Å². The van der Waals surface area contributed by atoms with Crippen LogP contribution in [-0.4, -0.2) is 33.1 Å². The van der Waals surface area contributed by atoms with Gasteiger partial charge in [0.2, 0.25) is 0 Å². The number of nitrogens with one attached hydrogen (secondary N) is 2. The summed E-state index contributed by atoms with van der Waals surface area (Å²) in [5.41, 5.74) is 0.573. The van der Waals surface area contributed by atoms with E-state index >= 15 is 0 Å². The van der Waals surface area contributed by atoms with E-state index in [2.05, 4.69) is 26.2 Å². The van der Waals surface area contributed by atoms with Crippen LogP contribution in [0.1, 0.15) is 18.0 Å². The second-order valence-electron chi connectivity index (χ2n) is 5.30. The second-order valence-corrected chi connectivity index (χ2v) is 6.21. The number of aromatic amines is 1. The fourth-order valence-corrected chi connectivity index (χ4v) is 3.40. The van der Waals surface area contributed by atoms with Gasteiger partial charge in [0, 0.05) is 11.0 Å². The van der Waals surface area contributed by atoms with Crippen LogP contribution in [0.3, 0.4) is 0 Å². The van der Waals surface area contributed by atoms with E-state index in [0.717, 1.165) is 10.0 Å². The lowest BCUT2D eigenvalue weighted by molar-refractivity contribution is -0.150. The standard InChI is InChI=1S/C14H12BrN3O5/c15-7-3-6-1-2-8(5-16-12(20)14(22)23)18-10(6)9(4-7)17-11(19)13(18)21/h3-4,8H,1-2,5H2,(H,16,20)(H,17,19)(H,22,23). The van der Waals surface area contributed by atoms with Gasteiger partial charge in [0.25, 0.3) is 0 Å². The van der Waals surface area contributed by atoms with Crippen LogP contribution in [0, 0.1) is 0 Å². The summed E-state index contributed by atoms with van der Waals surface area (Å²) in [5.74, 6) is -2.73. The SMILES string of the molecule is O=C(O)C(=O)NCC1CCc2cc(Br)cc3[nH]c(=O)c(=O)n1c23. The molecule has 0 radical (unpaired) electrons. The van der Waals surface area contributed by atoms with Gasteiger partial charge in [-0.05, 0) is 30.5 Å². The number of benzene rings is 1. The van der Waals surface area contributed by atoms with Crippen LogP contribution in [0.5, 0.6) is 0 Å². The van der Waals surface area contributed by atoms with Crippen LogP contribution in [0.4, 0.5) is 0 Å². The van der Waals surface area contributed by atoms with Gasteiger partial charge in [-0.3, -0.25) is 19.0 Å². The molecule has 3 rings (SSSR count). The van der Waals surface area contributed by atoms with Gasteiger partial charge in [0.15, 0.2) is 0 Å². The molecule has 0 saturated heterocycles. The van der Waals surface area contributed by atoms with Gasteiger partial charge in [0.05, 0.1) is 17.1 Å². The molecule has 23 heavy (non-hydrogen) atoms. The molecule has 1 amide bonds. The maximum atomic E-state index is 12.3. The minimum Gasteiger partial charge on any atom is -0.474 e. The highest BCUT2D eigenvalue weighted by Crippen LogP contribution is 2.30. The Morgan fingerprint density at radius 3 is 2.83 bits per heavy atom. The number of carboxylic acids is 1. The van der Waals surface area contributed by atoms with Gasteiger partial charge < -0.3 is 15.4 Å². The molecule has 0 spiro atoms. The van der Waals surface area contributed by atoms with E-state index in [4.69, 9.17) is 5.11 Å². The van der Waals surface area contributed by atoms with Crippen molar-refractivity contribution in [3.05, 3.63) is 42.9 Å². The van der Waals surface area contributed by atoms with Gasteiger partial charge in [0.1, 0.15) is 0 Å². The minimum atomic E-state index is -1.59. The van der Waals surface area contributed by atoms with Gasteiger partial charge in [-0.1, -0.05) is 15.9 Å². The number of carbonyl (C=O) groups is 2. The number of hydrogen-bond acceptors (Lipinski definition) is 4. The zero-order valence-corrected chi connectivity index (χ0v) is 13.3. The van der Waals surface area contributed by atoms with E-state index < -0.39 is 29.0 Å². The predicted octanol–water partition coefficient (Wildman–Crippen LogP) is 0.140. The van der Waals surface area contributed by atoms with Crippen molar-refractivity contribution in [3.8, 4) is 0 Å². The number of carbonyl (C=O) groups excluding carboxylic acids is 1. The third kappa shape index (κ3) is 2.67. The third-order valence-corrected chi connectivity index (χ3v) is 4.32. The summed E-state index contributed by atoms with van der Waals surface area (Å²) < 4.78 is 2.14. The van der Waals surface area contributed by atoms with Crippen molar-refractivity contribution in [1.29, 1.82) is 0 Å². The van der Waals surface area contributed by atoms with E-state index in [1.54, 1.807) is 6.07 Å². The first-order valence-corrected chi connectivity index (χ1v) is 7.66. The summed E-state index contributed by atoms with van der Waals surface area (Å²) in [7, 11) is 0. The summed E-state index contributed by atoms with van der Waals surface area (Å²) in [5, 5.41) is 10.9. The largest absolute Gasteiger partial charge is 0.474 e. The van der Waals surface area contributed by atoms with Crippen molar-refractivity contribution in [3.63, 3.8) is 0 Å². The Labute approximate surface area is 137 Å². The van der Waals surface area contributed by atoms with E-state index in [-0.39, 0.29) is 6.54 Å². The van der Waals surface area contributed by atoms with E-state index in [1.165, 1.54) is 4.57 Å². The Balaban J connectivity index is 2.12. The molecule has 1 aliphatic heterocycles. The van der Waals surface area contributed by atoms with Gasteiger partial charge in [-0.15, -0.1) is 0 Å². The fraction of sp³-hybridized carbons (Fsp3) is 0.286. The van der Waals surface area contributed by atoms with Crippen LogP contribution < -0.4 is 16.4 Å². The molecule has 1 atom stereocenters. The zero-order valence-electron chi connectivity index (χ0n) is 11.8. The first-order valence-electron chi connectivity index (χ1n) is 6.86. The summed E-state index contributed by atoms with van der Waals surface area (Å²) >= 11 is 3.36. The third-order valence-electron chi connectivity index (χ3n) is 3.86. The number of amides is 1. The number of hydrogen-bond donors (Lipinski definition) is 3. The summed E-state index contributed by atoms with van der Waals surface area (Å²) in [6.45, 7) is -0.0287. The van der Waals surface area contributed by atoms with Crippen molar-refractivity contribution < 1.29 is 14.7 Å².